The minimum atomic E-state index is -3.42. The third-order valence-electron chi connectivity index (χ3n) is 3.97. The first-order valence-electron chi connectivity index (χ1n) is 8.17. The lowest BCUT2D eigenvalue weighted by atomic mass is 10.2. The molecule has 0 N–H and O–H groups in total. The van der Waals surface area contributed by atoms with Crippen LogP contribution in [0.3, 0.4) is 0 Å². The summed E-state index contributed by atoms with van der Waals surface area (Å²) in [6, 6.07) is 10.2. The van der Waals surface area contributed by atoms with Gasteiger partial charge < -0.3 is 4.57 Å². The van der Waals surface area contributed by atoms with E-state index in [9.17, 15) is 17.6 Å². The smallest absolute Gasteiger partial charge is 0.279 e. The van der Waals surface area contributed by atoms with E-state index in [0.29, 0.717) is 16.0 Å². The van der Waals surface area contributed by atoms with Crippen molar-refractivity contribution in [3.63, 3.8) is 0 Å². The number of halogens is 1. The molecular formula is C19H17FN2O3S2. The molecule has 1 aromatic heterocycles. The van der Waals surface area contributed by atoms with Gasteiger partial charge in [-0.1, -0.05) is 30.4 Å². The molecule has 0 saturated carbocycles. The van der Waals surface area contributed by atoms with Gasteiger partial charge in [-0.3, -0.25) is 4.79 Å². The van der Waals surface area contributed by atoms with Gasteiger partial charge >= 0.3 is 0 Å². The molecule has 8 heteroatoms. The second-order valence-electron chi connectivity index (χ2n) is 5.74. The molecule has 0 saturated heterocycles. The van der Waals surface area contributed by atoms with Gasteiger partial charge in [-0.05, 0) is 36.4 Å². The van der Waals surface area contributed by atoms with Crippen molar-refractivity contribution in [1.82, 2.24) is 4.57 Å². The summed E-state index contributed by atoms with van der Waals surface area (Å²) in [4.78, 5) is 17.2. The average Bonchev–Trinajstić information content (AvgIpc) is 2.98. The maximum Gasteiger partial charge on any atom is 0.279 e. The van der Waals surface area contributed by atoms with Gasteiger partial charge in [0.15, 0.2) is 14.6 Å². The number of rotatable bonds is 5. The van der Waals surface area contributed by atoms with Crippen LogP contribution in [0.1, 0.15) is 17.3 Å². The fourth-order valence-electron chi connectivity index (χ4n) is 2.58. The van der Waals surface area contributed by atoms with Crippen molar-refractivity contribution in [2.24, 2.45) is 4.99 Å². The first-order valence-corrected chi connectivity index (χ1v) is 10.6. The van der Waals surface area contributed by atoms with Gasteiger partial charge in [0.05, 0.1) is 20.9 Å². The van der Waals surface area contributed by atoms with Crippen molar-refractivity contribution in [3.8, 4) is 0 Å². The number of sulfone groups is 1. The number of allylic oxidation sites excluding steroid dienone is 1. The van der Waals surface area contributed by atoms with Crippen LogP contribution >= 0.6 is 11.3 Å². The quantitative estimate of drug-likeness (QED) is 0.611. The van der Waals surface area contributed by atoms with Crippen molar-refractivity contribution in [1.29, 1.82) is 0 Å². The maximum absolute atomic E-state index is 13.5. The van der Waals surface area contributed by atoms with Gasteiger partial charge in [-0.2, -0.15) is 4.99 Å². The van der Waals surface area contributed by atoms with E-state index < -0.39 is 15.7 Å². The van der Waals surface area contributed by atoms with Crippen LogP contribution < -0.4 is 4.80 Å². The van der Waals surface area contributed by atoms with Crippen molar-refractivity contribution < 1.29 is 17.6 Å². The number of carbonyl (C=O) groups excluding carboxylic acids is 1. The van der Waals surface area contributed by atoms with Crippen molar-refractivity contribution in [2.75, 3.05) is 5.75 Å². The topological polar surface area (TPSA) is 68.5 Å². The summed E-state index contributed by atoms with van der Waals surface area (Å²) < 4.78 is 40.0. The summed E-state index contributed by atoms with van der Waals surface area (Å²) in [7, 11) is -3.42. The summed E-state index contributed by atoms with van der Waals surface area (Å²) in [6.45, 7) is 5.65. The van der Waals surface area contributed by atoms with Crippen molar-refractivity contribution >= 4 is 37.3 Å². The number of hydrogen-bond donors (Lipinski definition) is 0. The van der Waals surface area contributed by atoms with E-state index in [0.717, 1.165) is 5.52 Å². The predicted molar refractivity (Wildman–Crippen MR) is 104 cm³/mol. The summed E-state index contributed by atoms with van der Waals surface area (Å²) >= 11 is 1.18. The third-order valence-corrected chi connectivity index (χ3v) is 6.75. The molecule has 1 heterocycles. The van der Waals surface area contributed by atoms with Crippen LogP contribution in [-0.2, 0) is 16.4 Å². The molecule has 27 heavy (non-hydrogen) atoms. The summed E-state index contributed by atoms with van der Waals surface area (Å²) in [5, 5.41) is 0. The van der Waals surface area contributed by atoms with Gasteiger partial charge in [-0.25, -0.2) is 12.8 Å². The fourth-order valence-corrected chi connectivity index (χ4v) is 4.57. The molecule has 0 atom stereocenters. The Morgan fingerprint density at radius 1 is 1.30 bits per heavy atom. The van der Waals surface area contributed by atoms with Gasteiger partial charge in [0.2, 0.25) is 0 Å². The Morgan fingerprint density at radius 2 is 2.07 bits per heavy atom. The normalized spacial score (nSPS) is 12.4. The lowest BCUT2D eigenvalue weighted by molar-refractivity contribution is 0.0997. The lowest BCUT2D eigenvalue weighted by Crippen LogP contribution is -2.16. The lowest BCUT2D eigenvalue weighted by Gasteiger charge is -2.03. The Hall–Kier alpha value is -2.58. The fraction of sp³-hybridized carbons (Fsp3) is 0.158. The molecule has 0 aliphatic rings. The van der Waals surface area contributed by atoms with E-state index in [-0.39, 0.29) is 22.0 Å². The molecular weight excluding hydrogens is 387 g/mol. The first kappa shape index (κ1) is 19.2. The Balaban J connectivity index is 2.12. The Morgan fingerprint density at radius 3 is 2.78 bits per heavy atom. The third kappa shape index (κ3) is 3.91. The van der Waals surface area contributed by atoms with Gasteiger partial charge in [-0.15, -0.1) is 6.58 Å². The van der Waals surface area contributed by atoms with Gasteiger partial charge in [0.25, 0.3) is 5.91 Å². The van der Waals surface area contributed by atoms with Crippen LogP contribution in [0.15, 0.2) is 65.0 Å². The molecule has 0 aliphatic heterocycles. The number of carbonyl (C=O) groups is 1. The highest BCUT2D eigenvalue weighted by Gasteiger charge is 2.15. The van der Waals surface area contributed by atoms with Crippen LogP contribution in [-0.4, -0.2) is 24.6 Å². The van der Waals surface area contributed by atoms with Crippen LogP contribution in [0.5, 0.6) is 0 Å². The van der Waals surface area contributed by atoms with E-state index >= 15 is 0 Å². The number of nitrogens with zero attached hydrogens (tertiary/aromatic N) is 2. The molecule has 0 spiro atoms. The summed E-state index contributed by atoms with van der Waals surface area (Å²) in [6.07, 6.45) is 1.66. The molecule has 140 valence electrons. The average molecular weight is 404 g/mol. The largest absolute Gasteiger partial charge is 0.312 e. The zero-order valence-electron chi connectivity index (χ0n) is 14.6. The Labute approximate surface area is 160 Å². The highest BCUT2D eigenvalue weighted by Crippen LogP contribution is 2.19. The number of aromatic nitrogens is 1. The van der Waals surface area contributed by atoms with Crippen LogP contribution in [0.25, 0.3) is 10.2 Å². The number of hydrogen-bond acceptors (Lipinski definition) is 4. The van der Waals surface area contributed by atoms with Crippen LogP contribution in [0, 0.1) is 5.82 Å². The van der Waals surface area contributed by atoms with Crippen LogP contribution in [0.2, 0.25) is 0 Å². The zero-order valence-corrected chi connectivity index (χ0v) is 16.2. The number of thiazole rings is 1. The van der Waals surface area contributed by atoms with Gasteiger partial charge in [0, 0.05) is 12.1 Å². The second-order valence-corrected chi connectivity index (χ2v) is 9.03. The molecule has 5 nitrogen and oxygen atoms in total. The van der Waals surface area contributed by atoms with E-state index in [1.165, 1.54) is 47.7 Å². The SMILES string of the molecule is C=CCn1c(=NC(=O)c2cccc(S(=O)(=O)CC)c2)sc2cc(F)ccc21. The number of fused-ring (bicyclic) bond motifs is 1. The molecule has 0 unspecified atom stereocenters. The summed E-state index contributed by atoms with van der Waals surface area (Å²) in [5.74, 6) is -0.985. The minimum Gasteiger partial charge on any atom is -0.312 e. The monoisotopic (exact) mass is 404 g/mol. The maximum atomic E-state index is 13.5. The molecule has 2 aromatic carbocycles. The van der Waals surface area contributed by atoms with E-state index in [2.05, 4.69) is 11.6 Å². The molecule has 0 fully saturated rings. The Kier molecular flexibility index (Phi) is 5.38. The van der Waals surface area contributed by atoms with E-state index in [1.807, 2.05) is 0 Å². The molecule has 0 aliphatic carbocycles. The predicted octanol–water partition coefficient (Wildman–Crippen LogP) is 3.56. The molecule has 3 aromatic rings. The number of benzene rings is 2. The molecule has 0 radical (unpaired) electrons. The standard InChI is InChI=1S/C19H17FN2O3S2/c1-3-10-22-16-9-8-14(20)12-17(16)26-19(22)21-18(23)13-6-5-7-15(11-13)27(24,25)4-2/h3,5-9,11-12H,1,4,10H2,2H3. The zero-order chi connectivity index (χ0) is 19.6. The van der Waals surface area contributed by atoms with Crippen molar-refractivity contribution in [3.05, 3.63) is 71.3 Å². The highest BCUT2D eigenvalue weighted by molar-refractivity contribution is 7.91. The molecule has 0 bridgehead atoms. The first-order chi connectivity index (χ1) is 12.9. The highest BCUT2D eigenvalue weighted by atomic mass is 32.2. The van der Waals surface area contributed by atoms with Crippen LogP contribution in [0.4, 0.5) is 4.39 Å². The van der Waals surface area contributed by atoms with E-state index in [1.54, 1.807) is 23.6 Å². The minimum absolute atomic E-state index is 0.0526. The second kappa shape index (κ2) is 7.58. The number of amides is 1. The Bertz CT molecular complexity index is 1210. The molecule has 3 rings (SSSR count). The van der Waals surface area contributed by atoms with Crippen molar-refractivity contribution in [2.45, 2.75) is 18.4 Å². The molecule has 1 amide bonds. The van der Waals surface area contributed by atoms with Gasteiger partial charge in [0.1, 0.15) is 5.82 Å². The summed E-state index contributed by atoms with van der Waals surface area (Å²) in [5.41, 5.74) is 0.925. The van der Waals surface area contributed by atoms with E-state index in [4.69, 9.17) is 0 Å².